The van der Waals surface area contributed by atoms with E-state index in [1.165, 1.54) is 30.0 Å². The van der Waals surface area contributed by atoms with E-state index < -0.39 is 5.82 Å². The third-order valence-corrected chi connectivity index (χ3v) is 3.42. The Morgan fingerprint density at radius 3 is 2.46 bits per heavy atom. The van der Waals surface area contributed by atoms with Crippen molar-refractivity contribution in [1.82, 2.24) is 4.90 Å². The molecule has 0 fully saturated rings. The van der Waals surface area contributed by atoms with Crippen molar-refractivity contribution in [3.05, 3.63) is 59.9 Å². The van der Waals surface area contributed by atoms with E-state index in [4.69, 9.17) is 4.74 Å². The molecule has 0 bridgehead atoms. The van der Waals surface area contributed by atoms with Crippen molar-refractivity contribution < 1.29 is 18.7 Å². The van der Waals surface area contributed by atoms with Gasteiger partial charge in [-0.3, -0.25) is 9.59 Å². The summed E-state index contributed by atoms with van der Waals surface area (Å²) in [5, 5.41) is 2.58. The first-order chi connectivity index (χ1) is 11.5. The molecule has 1 N–H and O–H groups in total. The summed E-state index contributed by atoms with van der Waals surface area (Å²) in [4.78, 5) is 25.3. The topological polar surface area (TPSA) is 58.6 Å². The highest BCUT2D eigenvalue weighted by molar-refractivity contribution is 5.94. The van der Waals surface area contributed by atoms with Crippen LogP contribution in [0.5, 0.6) is 5.75 Å². The molecule has 0 aliphatic carbocycles. The number of hydrogen-bond acceptors (Lipinski definition) is 3. The molecule has 0 unspecified atom stereocenters. The summed E-state index contributed by atoms with van der Waals surface area (Å²) < 4.78 is 18.2. The van der Waals surface area contributed by atoms with Crippen LogP contribution in [-0.4, -0.2) is 30.4 Å². The molecule has 0 heterocycles. The molecular weight excluding hydrogens is 311 g/mol. The summed E-state index contributed by atoms with van der Waals surface area (Å²) in [6, 6.07) is 12.9. The number of methoxy groups -OCH3 is 1. The van der Waals surface area contributed by atoms with Gasteiger partial charge in [-0.15, -0.1) is 0 Å². The highest BCUT2D eigenvalue weighted by Gasteiger charge is 2.14. The summed E-state index contributed by atoms with van der Waals surface area (Å²) in [6.07, 6.45) is 0. The highest BCUT2D eigenvalue weighted by Crippen LogP contribution is 2.14. The number of nitrogens with zero attached hydrogens (tertiary/aromatic N) is 1. The second kappa shape index (κ2) is 8.10. The maximum atomic E-state index is 13.1. The predicted molar refractivity (Wildman–Crippen MR) is 89.1 cm³/mol. The van der Waals surface area contributed by atoms with Crippen molar-refractivity contribution in [3.8, 4) is 5.75 Å². The fraction of sp³-hybridized carbons (Fsp3) is 0.222. The normalized spacial score (nSPS) is 10.1. The van der Waals surface area contributed by atoms with E-state index in [1.807, 2.05) is 12.1 Å². The number of hydrogen-bond donors (Lipinski definition) is 1. The Hall–Kier alpha value is -2.89. The van der Waals surface area contributed by atoms with Gasteiger partial charge in [-0.1, -0.05) is 18.2 Å². The van der Waals surface area contributed by atoms with Crippen molar-refractivity contribution in [2.24, 2.45) is 0 Å². The van der Waals surface area contributed by atoms with Gasteiger partial charge in [-0.05, 0) is 35.9 Å². The number of nitrogens with one attached hydrogen (secondary N) is 1. The molecule has 6 heteroatoms. The molecule has 0 saturated heterocycles. The van der Waals surface area contributed by atoms with E-state index in [1.54, 1.807) is 25.3 Å². The Morgan fingerprint density at radius 2 is 1.88 bits per heavy atom. The minimum Gasteiger partial charge on any atom is -0.497 e. The van der Waals surface area contributed by atoms with E-state index in [0.717, 1.165) is 11.3 Å². The number of carbonyl (C=O) groups excluding carboxylic acids is 2. The molecule has 0 aromatic heterocycles. The molecule has 0 aliphatic heterocycles. The van der Waals surface area contributed by atoms with Gasteiger partial charge >= 0.3 is 0 Å². The van der Waals surface area contributed by atoms with Crippen LogP contribution in [0.15, 0.2) is 48.5 Å². The smallest absolute Gasteiger partial charge is 0.244 e. The van der Waals surface area contributed by atoms with Crippen LogP contribution in [-0.2, 0) is 16.1 Å². The molecule has 2 aromatic carbocycles. The quantitative estimate of drug-likeness (QED) is 0.886. The molecule has 2 amide bonds. The van der Waals surface area contributed by atoms with E-state index in [0.29, 0.717) is 12.2 Å². The Bertz CT molecular complexity index is 716. The van der Waals surface area contributed by atoms with E-state index >= 15 is 0 Å². The van der Waals surface area contributed by atoms with E-state index in [-0.39, 0.29) is 18.4 Å². The Morgan fingerprint density at radius 1 is 1.17 bits per heavy atom. The summed E-state index contributed by atoms with van der Waals surface area (Å²) >= 11 is 0. The lowest BCUT2D eigenvalue weighted by atomic mass is 10.2. The zero-order valence-electron chi connectivity index (χ0n) is 13.6. The zero-order chi connectivity index (χ0) is 17.5. The van der Waals surface area contributed by atoms with Gasteiger partial charge in [0.15, 0.2) is 0 Å². The summed E-state index contributed by atoms with van der Waals surface area (Å²) in [7, 11) is 1.58. The van der Waals surface area contributed by atoms with Crippen LogP contribution in [0.25, 0.3) is 0 Å². The molecule has 5 nitrogen and oxygen atoms in total. The van der Waals surface area contributed by atoms with Gasteiger partial charge in [0.1, 0.15) is 18.1 Å². The molecule has 0 saturated carbocycles. The van der Waals surface area contributed by atoms with Crippen LogP contribution in [0.3, 0.4) is 0 Å². The standard InChI is InChI=1S/C18H19FN2O3/c1-13(22)21(11-14-6-8-17(24-2)9-7-14)12-18(23)20-16-5-3-4-15(19)10-16/h3-10H,11-12H2,1-2H3,(H,20,23). The lowest BCUT2D eigenvalue weighted by Gasteiger charge is -2.20. The maximum Gasteiger partial charge on any atom is 0.244 e. The van der Waals surface area contributed by atoms with Gasteiger partial charge in [0.25, 0.3) is 0 Å². The van der Waals surface area contributed by atoms with Gasteiger partial charge in [-0.25, -0.2) is 4.39 Å². The molecule has 0 atom stereocenters. The summed E-state index contributed by atoms with van der Waals surface area (Å²) in [5.74, 6) is -0.323. The van der Waals surface area contributed by atoms with Crippen molar-refractivity contribution in [2.45, 2.75) is 13.5 Å². The van der Waals surface area contributed by atoms with Gasteiger partial charge in [0.2, 0.25) is 11.8 Å². The van der Waals surface area contributed by atoms with Gasteiger partial charge in [-0.2, -0.15) is 0 Å². The van der Waals surface area contributed by atoms with Crippen LogP contribution < -0.4 is 10.1 Å². The Labute approximate surface area is 140 Å². The molecule has 0 spiro atoms. The lowest BCUT2D eigenvalue weighted by Crippen LogP contribution is -2.36. The van der Waals surface area contributed by atoms with Crippen LogP contribution in [0.2, 0.25) is 0 Å². The molecule has 0 aliphatic rings. The SMILES string of the molecule is COc1ccc(CN(CC(=O)Nc2cccc(F)c2)C(C)=O)cc1. The Balaban J connectivity index is 1.99. The number of ether oxygens (including phenoxy) is 1. The lowest BCUT2D eigenvalue weighted by molar-refractivity contribution is -0.133. The fourth-order valence-electron chi connectivity index (χ4n) is 2.17. The predicted octanol–water partition coefficient (Wildman–Crippen LogP) is 2.82. The number of benzene rings is 2. The van der Waals surface area contributed by atoms with Crippen molar-refractivity contribution in [2.75, 3.05) is 19.0 Å². The molecular formula is C18H19FN2O3. The van der Waals surface area contributed by atoms with E-state index in [2.05, 4.69) is 5.32 Å². The Kier molecular flexibility index (Phi) is 5.89. The summed E-state index contributed by atoms with van der Waals surface area (Å²) in [6.45, 7) is 1.59. The van der Waals surface area contributed by atoms with Crippen LogP contribution >= 0.6 is 0 Å². The average Bonchev–Trinajstić information content (AvgIpc) is 2.54. The average molecular weight is 330 g/mol. The molecule has 2 aromatic rings. The summed E-state index contributed by atoms with van der Waals surface area (Å²) in [5.41, 5.74) is 1.23. The van der Waals surface area contributed by atoms with Gasteiger partial charge in [0.05, 0.1) is 7.11 Å². The third-order valence-electron chi connectivity index (χ3n) is 3.42. The number of amides is 2. The number of carbonyl (C=O) groups is 2. The molecule has 0 radical (unpaired) electrons. The highest BCUT2D eigenvalue weighted by atomic mass is 19.1. The minimum absolute atomic E-state index is 0.113. The second-order valence-electron chi connectivity index (χ2n) is 5.28. The number of halogens is 1. The largest absolute Gasteiger partial charge is 0.497 e. The van der Waals surface area contributed by atoms with Gasteiger partial charge in [0, 0.05) is 19.2 Å². The first-order valence-corrected chi connectivity index (χ1v) is 7.42. The first kappa shape index (κ1) is 17.5. The van der Waals surface area contributed by atoms with Crippen LogP contribution in [0, 0.1) is 5.82 Å². The molecule has 24 heavy (non-hydrogen) atoms. The third kappa shape index (κ3) is 5.08. The second-order valence-corrected chi connectivity index (χ2v) is 5.28. The van der Waals surface area contributed by atoms with Crippen LogP contribution in [0.4, 0.5) is 10.1 Å². The zero-order valence-corrected chi connectivity index (χ0v) is 13.6. The monoisotopic (exact) mass is 330 g/mol. The van der Waals surface area contributed by atoms with Crippen molar-refractivity contribution in [1.29, 1.82) is 0 Å². The molecule has 2 rings (SSSR count). The first-order valence-electron chi connectivity index (χ1n) is 7.42. The van der Waals surface area contributed by atoms with Crippen molar-refractivity contribution >= 4 is 17.5 Å². The minimum atomic E-state index is -0.436. The molecule has 126 valence electrons. The van der Waals surface area contributed by atoms with Crippen LogP contribution in [0.1, 0.15) is 12.5 Å². The van der Waals surface area contributed by atoms with Crippen molar-refractivity contribution in [3.63, 3.8) is 0 Å². The maximum absolute atomic E-state index is 13.1. The van der Waals surface area contributed by atoms with E-state index in [9.17, 15) is 14.0 Å². The number of rotatable bonds is 6. The number of anilines is 1. The fourth-order valence-corrected chi connectivity index (χ4v) is 2.17. The van der Waals surface area contributed by atoms with Gasteiger partial charge < -0.3 is 15.0 Å².